The molecule has 13 heteroatoms. The van der Waals surface area contributed by atoms with Gasteiger partial charge in [0.15, 0.2) is 11.1 Å². The number of aromatic nitrogens is 3. The van der Waals surface area contributed by atoms with Crippen molar-refractivity contribution >= 4 is 22.7 Å². The van der Waals surface area contributed by atoms with Gasteiger partial charge in [-0.2, -0.15) is 10.2 Å². The first-order valence-corrected chi connectivity index (χ1v) is 16.4. The number of benzene rings is 2. The Morgan fingerprint density at radius 3 is 2.59 bits per heavy atom. The highest BCUT2D eigenvalue weighted by molar-refractivity contribution is 6.36. The van der Waals surface area contributed by atoms with E-state index >= 15 is 0 Å². The van der Waals surface area contributed by atoms with E-state index in [9.17, 15) is 25.4 Å². The van der Waals surface area contributed by atoms with Gasteiger partial charge >= 0.3 is 0 Å². The van der Waals surface area contributed by atoms with E-state index in [0.29, 0.717) is 35.4 Å². The Labute approximate surface area is 286 Å². The smallest absolute Gasteiger partial charge is 0.280 e. The second kappa shape index (κ2) is 13.6. The molecular weight excluding hydrogens is 650 g/mol. The van der Waals surface area contributed by atoms with Crippen molar-refractivity contribution < 1.29 is 29.2 Å². The molecule has 12 nitrogen and oxygen atoms in total. The molecule has 1 aliphatic carbocycles. The number of β-amino-alcohol motifs (C(OH)–C–C–N with tert-alkyl or cyclic N) is 1. The van der Waals surface area contributed by atoms with Crippen LogP contribution in [0.1, 0.15) is 47.2 Å². The summed E-state index contributed by atoms with van der Waals surface area (Å²) in [4.78, 5) is 24.5. The molecule has 2 atom stereocenters. The van der Waals surface area contributed by atoms with Crippen LogP contribution in [0, 0.1) is 11.3 Å². The van der Waals surface area contributed by atoms with Crippen molar-refractivity contribution in [3.63, 3.8) is 0 Å². The number of methoxy groups -OCH3 is 1. The zero-order chi connectivity index (χ0) is 34.2. The van der Waals surface area contributed by atoms with Gasteiger partial charge in [-0.25, -0.2) is 4.98 Å². The fourth-order valence-electron chi connectivity index (χ4n) is 6.78. The molecule has 3 N–H and O–H groups in total. The highest BCUT2D eigenvalue weighted by Crippen LogP contribution is 2.44. The van der Waals surface area contributed by atoms with Gasteiger partial charge in [0.05, 0.1) is 43.1 Å². The average molecular weight is 684 g/mol. The number of hydrogen-bond donors (Lipinski definition) is 3. The van der Waals surface area contributed by atoms with Crippen LogP contribution in [0.4, 0.5) is 0 Å². The van der Waals surface area contributed by atoms with Gasteiger partial charge in [-0.05, 0) is 48.1 Å². The Morgan fingerprint density at radius 2 is 1.86 bits per heavy atom. The highest BCUT2D eigenvalue weighted by atomic mass is 35.5. The molecular formula is C36H34ClN5O7. The summed E-state index contributed by atoms with van der Waals surface area (Å²) in [5, 5.41) is 39.3. The predicted octanol–water partition coefficient (Wildman–Crippen LogP) is 4.41. The number of oxazole rings is 1. The van der Waals surface area contributed by atoms with Crippen LogP contribution in [0.5, 0.6) is 11.8 Å². The van der Waals surface area contributed by atoms with Gasteiger partial charge < -0.3 is 33.8 Å². The van der Waals surface area contributed by atoms with Crippen LogP contribution in [0.2, 0.25) is 5.02 Å². The number of aliphatic hydroxyl groups excluding tert-OH is 3. The Kier molecular flexibility index (Phi) is 9.11. The maximum atomic E-state index is 13.2. The zero-order valence-corrected chi connectivity index (χ0v) is 27.4. The number of pyridine rings is 2. The van der Waals surface area contributed by atoms with Gasteiger partial charge in [0.25, 0.3) is 5.56 Å². The topological polar surface area (TPSA) is 167 Å². The summed E-state index contributed by atoms with van der Waals surface area (Å²) in [5.74, 6) is 1.02. The number of likely N-dealkylation sites (tertiary alicyclic amines) is 1. The van der Waals surface area contributed by atoms with E-state index in [1.54, 1.807) is 13.2 Å². The molecule has 1 fully saturated rings. The first kappa shape index (κ1) is 32.8. The third-order valence-electron chi connectivity index (χ3n) is 9.26. The molecule has 2 aromatic carbocycles. The lowest BCUT2D eigenvalue weighted by Crippen LogP contribution is -2.29. The molecule has 0 spiro atoms. The highest BCUT2D eigenvalue weighted by Gasteiger charge is 2.29. The second-order valence-corrected chi connectivity index (χ2v) is 12.6. The van der Waals surface area contributed by atoms with Gasteiger partial charge in [0, 0.05) is 43.0 Å². The fourth-order valence-corrected chi connectivity index (χ4v) is 7.09. The third-order valence-corrected chi connectivity index (χ3v) is 9.67. The molecule has 1 aliphatic heterocycles. The van der Waals surface area contributed by atoms with E-state index in [1.165, 1.54) is 6.20 Å². The van der Waals surface area contributed by atoms with Crippen LogP contribution in [0.3, 0.4) is 0 Å². The number of nitriles is 1. The average Bonchev–Trinajstić information content (AvgIpc) is 3.86. The number of rotatable bonds is 10. The Balaban J connectivity index is 1.18. The van der Waals surface area contributed by atoms with Crippen LogP contribution < -0.4 is 15.0 Å². The minimum absolute atomic E-state index is 0.00330. The summed E-state index contributed by atoms with van der Waals surface area (Å²) < 4.78 is 19.1. The number of ether oxygens (including phenoxy) is 2. The molecule has 4 heterocycles. The largest absolute Gasteiger partial charge is 0.481 e. The van der Waals surface area contributed by atoms with Gasteiger partial charge in [-0.3, -0.25) is 9.69 Å². The lowest BCUT2D eigenvalue weighted by molar-refractivity contribution is 0.152. The minimum Gasteiger partial charge on any atom is -0.481 e. The van der Waals surface area contributed by atoms with Crippen LogP contribution in [-0.4, -0.2) is 74.3 Å². The van der Waals surface area contributed by atoms with Crippen molar-refractivity contribution in [2.75, 3.05) is 33.4 Å². The predicted molar refractivity (Wildman–Crippen MR) is 180 cm³/mol. The molecule has 0 bridgehead atoms. The van der Waals surface area contributed by atoms with Gasteiger partial charge in [0.2, 0.25) is 17.7 Å². The minimum atomic E-state index is -0.933. The molecule has 0 saturated carbocycles. The molecule has 3 aromatic heterocycles. The van der Waals surface area contributed by atoms with Gasteiger partial charge in [-0.15, -0.1) is 0 Å². The molecule has 49 heavy (non-hydrogen) atoms. The van der Waals surface area contributed by atoms with Crippen LogP contribution in [-0.2, 0) is 13.0 Å². The Morgan fingerprint density at radius 1 is 1.08 bits per heavy atom. The Hall–Kier alpha value is -4.77. The van der Waals surface area contributed by atoms with Crippen molar-refractivity contribution in [3.05, 3.63) is 92.4 Å². The summed E-state index contributed by atoms with van der Waals surface area (Å²) in [7, 11) is 1.59. The number of fused-ring (bicyclic) bond motifs is 2. The maximum Gasteiger partial charge on any atom is 0.280 e. The van der Waals surface area contributed by atoms with Gasteiger partial charge in [0.1, 0.15) is 17.7 Å². The third kappa shape index (κ3) is 6.05. The zero-order valence-electron chi connectivity index (χ0n) is 26.7. The number of aliphatic hydroxyl groups is 3. The summed E-state index contributed by atoms with van der Waals surface area (Å²) in [5.41, 5.74) is 4.49. The SMILES string of the molecule is COc1nc(O[C@H]2CCc3c(-c4cccc(-c5nc6c(=O)n(C(CO)CO)cc(C#N)c6o5)c4Cl)cccc32)ccc1CN1CC[C@@H](O)C1. The summed E-state index contributed by atoms with van der Waals surface area (Å²) >= 11 is 7.04. The molecule has 7 rings (SSSR count). The van der Waals surface area contributed by atoms with Crippen LogP contribution >= 0.6 is 11.6 Å². The lowest BCUT2D eigenvalue weighted by atomic mass is 9.95. The molecule has 0 unspecified atom stereocenters. The number of nitrogens with zero attached hydrogens (tertiary/aromatic N) is 5. The molecule has 0 amide bonds. The molecule has 1 saturated heterocycles. The normalized spacial score (nSPS) is 17.5. The van der Waals surface area contributed by atoms with Crippen LogP contribution in [0.15, 0.2) is 63.9 Å². The fraction of sp³-hybridized carbons (Fsp3) is 0.333. The van der Waals surface area contributed by atoms with Gasteiger partial charge in [-0.1, -0.05) is 41.9 Å². The quantitative estimate of drug-likeness (QED) is 0.191. The summed E-state index contributed by atoms with van der Waals surface area (Å²) in [6.07, 6.45) is 2.95. The summed E-state index contributed by atoms with van der Waals surface area (Å²) in [6.45, 7) is 1.09. The Bertz CT molecular complexity index is 2140. The van der Waals surface area contributed by atoms with Crippen molar-refractivity contribution in [1.82, 2.24) is 19.4 Å². The van der Waals surface area contributed by atoms with E-state index in [1.807, 2.05) is 48.5 Å². The summed E-state index contributed by atoms with van der Waals surface area (Å²) in [6, 6.07) is 16.4. The first-order chi connectivity index (χ1) is 23.8. The van der Waals surface area contributed by atoms with E-state index in [4.69, 9.17) is 25.5 Å². The maximum absolute atomic E-state index is 13.2. The second-order valence-electron chi connectivity index (χ2n) is 12.3. The van der Waals surface area contributed by atoms with Crippen LogP contribution in [0.25, 0.3) is 33.7 Å². The van der Waals surface area contributed by atoms with E-state index in [2.05, 4.69) is 14.9 Å². The number of halogens is 1. The van der Waals surface area contributed by atoms with E-state index in [-0.39, 0.29) is 34.8 Å². The molecule has 2 aliphatic rings. The van der Waals surface area contributed by atoms with Crippen molar-refractivity contribution in [2.24, 2.45) is 0 Å². The van der Waals surface area contributed by atoms with Crippen molar-refractivity contribution in [3.8, 4) is 40.4 Å². The van der Waals surface area contributed by atoms with E-state index in [0.717, 1.165) is 58.2 Å². The molecule has 0 radical (unpaired) electrons. The van der Waals surface area contributed by atoms with Crippen molar-refractivity contribution in [2.45, 2.75) is 44.1 Å². The van der Waals surface area contributed by atoms with E-state index < -0.39 is 24.8 Å². The molecule has 5 aromatic rings. The van der Waals surface area contributed by atoms with Crippen molar-refractivity contribution in [1.29, 1.82) is 5.26 Å². The first-order valence-electron chi connectivity index (χ1n) is 16.0. The molecule has 252 valence electrons. The standard InChI is InChI=1S/C36H34ClN5O7/c1-47-34-20(15-41-13-12-23(45)17-41)8-11-30(39-34)48-29-10-9-25-24(4-2-5-26(25)29)27-6-3-7-28(31(27)37)35-40-32-33(49-35)21(14-38)16-42(36(32)46)22(18-43)19-44/h2-8,11,16,22-23,29,43-45H,9-10,12-13,15,17-19H2,1H3/t23-,29+/m1/s1. The monoisotopic (exact) mass is 683 g/mol. The lowest BCUT2D eigenvalue weighted by Gasteiger charge is -2.19. The number of hydrogen-bond acceptors (Lipinski definition) is 11.